The molecule has 0 unspecified atom stereocenters. The smallest absolute Gasteiger partial charge is 0.0701 e. The summed E-state index contributed by atoms with van der Waals surface area (Å²) < 4.78 is 6.57. The first-order chi connectivity index (χ1) is 7.53. The van der Waals surface area contributed by atoms with Gasteiger partial charge < -0.3 is 10.1 Å². The molecule has 92 valence electrons. The lowest BCUT2D eigenvalue weighted by atomic mass is 10.1. The van der Waals surface area contributed by atoms with Crippen molar-refractivity contribution >= 4 is 27.3 Å². The first-order valence-corrected chi connectivity index (χ1v) is 7.14. The lowest BCUT2D eigenvalue weighted by Crippen LogP contribution is -2.29. The van der Waals surface area contributed by atoms with E-state index < -0.39 is 0 Å². The molecule has 0 radical (unpaired) electrons. The van der Waals surface area contributed by atoms with Crippen LogP contribution in [0.2, 0.25) is 0 Å². The Morgan fingerprint density at radius 1 is 1.38 bits per heavy atom. The van der Waals surface area contributed by atoms with Crippen LogP contribution in [-0.2, 0) is 11.2 Å². The molecule has 1 heterocycles. The molecule has 0 atom stereocenters. The van der Waals surface area contributed by atoms with E-state index in [4.69, 9.17) is 4.74 Å². The average Bonchev–Trinajstić information content (AvgIpc) is 2.64. The van der Waals surface area contributed by atoms with E-state index in [0.717, 1.165) is 25.9 Å². The fraction of sp³-hybridized carbons (Fsp3) is 0.667. The maximum atomic E-state index is 5.36. The minimum atomic E-state index is -0.0149. The summed E-state index contributed by atoms with van der Waals surface area (Å²) in [4.78, 5) is 1.42. The Hall–Kier alpha value is 0.1000. The highest BCUT2D eigenvalue weighted by Crippen LogP contribution is 2.22. The molecule has 0 saturated heterocycles. The van der Waals surface area contributed by atoms with Crippen molar-refractivity contribution in [2.45, 2.75) is 32.3 Å². The first-order valence-electron chi connectivity index (χ1n) is 5.53. The number of nitrogens with one attached hydrogen (secondary N) is 1. The highest BCUT2D eigenvalue weighted by Gasteiger charge is 2.14. The molecular weight excluding hydrogens is 286 g/mol. The quantitative estimate of drug-likeness (QED) is 0.779. The molecule has 0 aliphatic carbocycles. The maximum Gasteiger partial charge on any atom is 0.0701 e. The largest absolute Gasteiger partial charge is 0.379 e. The molecule has 0 saturated carbocycles. The Morgan fingerprint density at radius 3 is 2.69 bits per heavy atom. The van der Waals surface area contributed by atoms with E-state index in [0.29, 0.717) is 0 Å². The molecule has 0 aliphatic rings. The second-order valence-electron chi connectivity index (χ2n) is 4.42. The fourth-order valence-electron chi connectivity index (χ4n) is 1.31. The van der Waals surface area contributed by atoms with Crippen molar-refractivity contribution in [1.82, 2.24) is 5.32 Å². The fourth-order valence-corrected chi connectivity index (χ4v) is 2.80. The molecule has 1 aromatic rings. The van der Waals surface area contributed by atoms with Crippen molar-refractivity contribution < 1.29 is 4.74 Å². The molecule has 1 N–H and O–H groups in total. The van der Waals surface area contributed by atoms with Crippen molar-refractivity contribution in [2.75, 3.05) is 20.2 Å². The van der Waals surface area contributed by atoms with Crippen LogP contribution in [0.3, 0.4) is 0 Å². The highest BCUT2D eigenvalue weighted by molar-refractivity contribution is 9.11. The topological polar surface area (TPSA) is 21.3 Å². The first kappa shape index (κ1) is 14.2. The van der Waals surface area contributed by atoms with Crippen LogP contribution < -0.4 is 5.32 Å². The Labute approximate surface area is 111 Å². The van der Waals surface area contributed by atoms with Crippen molar-refractivity contribution in [3.63, 3.8) is 0 Å². The molecule has 1 rings (SSSR count). The van der Waals surface area contributed by atoms with E-state index in [1.54, 1.807) is 7.11 Å². The van der Waals surface area contributed by atoms with Crippen LogP contribution in [0.15, 0.2) is 15.9 Å². The van der Waals surface area contributed by atoms with Gasteiger partial charge in [-0.25, -0.2) is 0 Å². The summed E-state index contributed by atoms with van der Waals surface area (Å²) in [6.45, 7) is 6.27. The molecule has 0 aromatic carbocycles. The van der Waals surface area contributed by atoms with E-state index in [1.165, 1.54) is 8.66 Å². The van der Waals surface area contributed by atoms with E-state index >= 15 is 0 Å². The third kappa shape index (κ3) is 5.43. The predicted molar refractivity (Wildman–Crippen MR) is 74.3 cm³/mol. The van der Waals surface area contributed by atoms with Gasteiger partial charge in [-0.2, -0.15) is 0 Å². The van der Waals surface area contributed by atoms with Gasteiger partial charge in [0.15, 0.2) is 0 Å². The Bertz CT molecular complexity index is 312. The van der Waals surface area contributed by atoms with Crippen LogP contribution in [0, 0.1) is 0 Å². The second-order valence-corrected chi connectivity index (χ2v) is 6.97. The standard InChI is InChI=1S/C12H20BrNOS/c1-12(2,15-3)7-9-14-8-6-10-4-5-11(13)16-10/h4-5,14H,6-9H2,1-3H3. The van der Waals surface area contributed by atoms with Crippen molar-refractivity contribution in [3.8, 4) is 0 Å². The molecule has 16 heavy (non-hydrogen) atoms. The molecular formula is C12H20BrNOS. The Morgan fingerprint density at radius 2 is 2.12 bits per heavy atom. The van der Waals surface area contributed by atoms with Crippen LogP contribution >= 0.6 is 27.3 Å². The Kier molecular flexibility index (Phi) is 5.97. The minimum Gasteiger partial charge on any atom is -0.379 e. The van der Waals surface area contributed by atoms with Gasteiger partial charge in [-0.05, 0) is 67.8 Å². The van der Waals surface area contributed by atoms with Crippen LogP contribution in [0.25, 0.3) is 0 Å². The molecule has 4 heteroatoms. The zero-order chi connectivity index (χ0) is 12.0. The summed E-state index contributed by atoms with van der Waals surface area (Å²) in [7, 11) is 1.77. The number of thiophene rings is 1. The third-order valence-corrected chi connectivity index (χ3v) is 4.32. The van der Waals surface area contributed by atoms with Gasteiger partial charge in [-0.15, -0.1) is 11.3 Å². The lowest BCUT2D eigenvalue weighted by molar-refractivity contribution is 0.0159. The zero-order valence-corrected chi connectivity index (χ0v) is 12.6. The Balaban J connectivity index is 2.08. The van der Waals surface area contributed by atoms with Crippen LogP contribution in [0.1, 0.15) is 25.1 Å². The van der Waals surface area contributed by atoms with Crippen LogP contribution in [0.4, 0.5) is 0 Å². The van der Waals surface area contributed by atoms with Crippen molar-refractivity contribution in [3.05, 3.63) is 20.8 Å². The summed E-state index contributed by atoms with van der Waals surface area (Å²) in [6.07, 6.45) is 2.14. The van der Waals surface area contributed by atoms with Crippen LogP contribution in [-0.4, -0.2) is 25.8 Å². The molecule has 0 amide bonds. The number of hydrogen-bond acceptors (Lipinski definition) is 3. The van der Waals surface area contributed by atoms with Crippen LogP contribution in [0.5, 0.6) is 0 Å². The van der Waals surface area contributed by atoms with Gasteiger partial charge in [-0.1, -0.05) is 0 Å². The zero-order valence-electron chi connectivity index (χ0n) is 10.2. The summed E-state index contributed by atoms with van der Waals surface area (Å²) in [5.74, 6) is 0. The number of halogens is 1. The average molecular weight is 306 g/mol. The van der Waals surface area contributed by atoms with Crippen molar-refractivity contribution in [2.24, 2.45) is 0 Å². The van der Waals surface area contributed by atoms with E-state index in [1.807, 2.05) is 11.3 Å². The third-order valence-electron chi connectivity index (χ3n) is 2.63. The number of hydrogen-bond donors (Lipinski definition) is 1. The maximum absolute atomic E-state index is 5.36. The summed E-state index contributed by atoms with van der Waals surface area (Å²) in [5.41, 5.74) is -0.0149. The molecule has 1 aromatic heterocycles. The van der Waals surface area contributed by atoms with E-state index in [-0.39, 0.29) is 5.60 Å². The monoisotopic (exact) mass is 305 g/mol. The lowest BCUT2D eigenvalue weighted by Gasteiger charge is -2.22. The highest BCUT2D eigenvalue weighted by atomic mass is 79.9. The van der Waals surface area contributed by atoms with Gasteiger partial charge in [0.1, 0.15) is 0 Å². The molecule has 2 nitrogen and oxygen atoms in total. The predicted octanol–water partition coefficient (Wildman–Crippen LogP) is 3.46. The van der Waals surface area contributed by atoms with Gasteiger partial charge in [-0.3, -0.25) is 0 Å². The summed E-state index contributed by atoms with van der Waals surface area (Å²) >= 11 is 5.28. The van der Waals surface area contributed by atoms with Gasteiger partial charge in [0.2, 0.25) is 0 Å². The van der Waals surface area contributed by atoms with Crippen molar-refractivity contribution in [1.29, 1.82) is 0 Å². The molecule has 0 spiro atoms. The normalized spacial score (nSPS) is 12.0. The number of methoxy groups -OCH3 is 1. The van der Waals surface area contributed by atoms with E-state index in [2.05, 4.69) is 47.2 Å². The number of ether oxygens (including phenoxy) is 1. The summed E-state index contributed by atoms with van der Waals surface area (Å²) in [6, 6.07) is 4.28. The van der Waals surface area contributed by atoms with Gasteiger partial charge in [0.25, 0.3) is 0 Å². The SMILES string of the molecule is COC(C)(C)CCNCCc1ccc(Br)s1. The molecule has 0 aliphatic heterocycles. The molecule has 0 fully saturated rings. The van der Waals surface area contributed by atoms with Gasteiger partial charge >= 0.3 is 0 Å². The van der Waals surface area contributed by atoms with Gasteiger partial charge in [0.05, 0.1) is 9.39 Å². The number of rotatable bonds is 7. The van der Waals surface area contributed by atoms with Gasteiger partial charge in [0, 0.05) is 12.0 Å². The second kappa shape index (κ2) is 6.74. The van der Waals surface area contributed by atoms with E-state index in [9.17, 15) is 0 Å². The molecule has 0 bridgehead atoms. The summed E-state index contributed by atoms with van der Waals surface area (Å²) in [5, 5.41) is 3.44. The minimum absolute atomic E-state index is 0.0149.